The molecule has 0 amide bonds. The number of hydrogen-bond acceptors (Lipinski definition) is 5. The molecule has 1 atom stereocenters. The minimum absolute atomic E-state index is 0.289. The largest absolute Gasteiger partial charge is 0.465 e. The molecule has 1 aliphatic heterocycles. The minimum atomic E-state index is -0.289. The monoisotopic (exact) mass is 282 g/mol. The summed E-state index contributed by atoms with van der Waals surface area (Å²) in [4.78, 5) is 18.7. The van der Waals surface area contributed by atoms with Gasteiger partial charge in [0.25, 0.3) is 0 Å². The van der Waals surface area contributed by atoms with E-state index in [2.05, 4.69) is 16.8 Å². The second kappa shape index (κ2) is 6.89. The summed E-state index contributed by atoms with van der Waals surface area (Å²) in [5, 5.41) is 0.956. The van der Waals surface area contributed by atoms with Crippen LogP contribution >= 0.6 is 11.3 Å². The third-order valence-corrected chi connectivity index (χ3v) is 4.73. The molecule has 0 aliphatic carbocycles. The molecule has 1 fully saturated rings. The lowest BCUT2D eigenvalue weighted by Crippen LogP contribution is -2.23. The van der Waals surface area contributed by atoms with Crippen LogP contribution in [0.2, 0.25) is 0 Å². The van der Waals surface area contributed by atoms with Crippen molar-refractivity contribution in [2.75, 3.05) is 25.1 Å². The molecule has 0 spiro atoms. The highest BCUT2D eigenvalue weighted by Crippen LogP contribution is 2.28. The van der Waals surface area contributed by atoms with Crippen molar-refractivity contribution in [2.45, 2.75) is 39.0 Å². The number of hydrogen-bond donors (Lipinski definition) is 0. The molecule has 0 aromatic carbocycles. The van der Waals surface area contributed by atoms with E-state index in [0.29, 0.717) is 4.88 Å². The van der Waals surface area contributed by atoms with Crippen LogP contribution in [-0.4, -0.2) is 31.2 Å². The van der Waals surface area contributed by atoms with Crippen LogP contribution in [0, 0.1) is 5.92 Å². The summed E-state index contributed by atoms with van der Waals surface area (Å²) in [5.41, 5.74) is 0. The zero-order valence-corrected chi connectivity index (χ0v) is 12.5. The van der Waals surface area contributed by atoms with Crippen molar-refractivity contribution in [2.24, 2.45) is 5.92 Å². The third kappa shape index (κ3) is 3.69. The molecule has 1 unspecified atom stereocenters. The van der Waals surface area contributed by atoms with Crippen LogP contribution in [0.3, 0.4) is 0 Å². The number of methoxy groups -OCH3 is 1. The number of carbonyl (C=O) groups is 1. The van der Waals surface area contributed by atoms with Crippen LogP contribution in [0.15, 0.2) is 6.20 Å². The molecule has 0 bridgehead atoms. The molecular formula is C14H22N2O2S. The smallest absolute Gasteiger partial charge is 0.349 e. The van der Waals surface area contributed by atoms with Gasteiger partial charge in [-0.25, -0.2) is 9.78 Å². The first-order valence-electron chi connectivity index (χ1n) is 7.03. The molecule has 2 rings (SSSR count). The second-order valence-electron chi connectivity index (χ2n) is 5.07. The summed E-state index contributed by atoms with van der Waals surface area (Å²) in [7, 11) is 1.41. The number of aromatic nitrogens is 1. The van der Waals surface area contributed by atoms with E-state index in [1.165, 1.54) is 50.6 Å². The quantitative estimate of drug-likeness (QED) is 0.794. The average Bonchev–Trinajstić information content (AvgIpc) is 2.80. The van der Waals surface area contributed by atoms with Crippen LogP contribution < -0.4 is 4.90 Å². The standard InChI is InChI=1S/C14H22N2O2S/c1-3-5-11-6-4-8-16(9-7-11)14-15-10-12(19-14)13(17)18-2/h10-11H,3-9H2,1-2H3. The van der Waals surface area contributed by atoms with E-state index in [1.807, 2.05) is 0 Å². The van der Waals surface area contributed by atoms with Gasteiger partial charge in [0.2, 0.25) is 0 Å². The third-order valence-electron chi connectivity index (χ3n) is 3.70. The summed E-state index contributed by atoms with van der Waals surface area (Å²) >= 11 is 1.44. The molecule has 19 heavy (non-hydrogen) atoms. The number of carbonyl (C=O) groups excluding carboxylic acids is 1. The van der Waals surface area contributed by atoms with E-state index < -0.39 is 0 Å². The zero-order valence-electron chi connectivity index (χ0n) is 11.7. The molecule has 1 saturated heterocycles. The number of anilines is 1. The van der Waals surface area contributed by atoms with Gasteiger partial charge in [0, 0.05) is 13.1 Å². The SMILES string of the molecule is CCCC1CCCN(c2ncc(C(=O)OC)s2)CC1. The molecule has 0 N–H and O–H groups in total. The Morgan fingerprint density at radius 2 is 2.37 bits per heavy atom. The molecule has 5 heteroatoms. The van der Waals surface area contributed by atoms with Crippen molar-refractivity contribution < 1.29 is 9.53 Å². The Hall–Kier alpha value is -1.10. The molecule has 106 valence electrons. The fraction of sp³-hybridized carbons (Fsp3) is 0.714. The Bertz CT molecular complexity index is 419. The number of nitrogens with zero attached hydrogens (tertiary/aromatic N) is 2. The van der Waals surface area contributed by atoms with Crippen molar-refractivity contribution in [1.29, 1.82) is 0 Å². The van der Waals surface area contributed by atoms with Crippen molar-refractivity contribution in [3.05, 3.63) is 11.1 Å². The van der Waals surface area contributed by atoms with Gasteiger partial charge in [0.1, 0.15) is 4.88 Å². The lowest BCUT2D eigenvalue weighted by atomic mass is 9.96. The lowest BCUT2D eigenvalue weighted by molar-refractivity contribution is 0.0606. The number of esters is 1. The van der Waals surface area contributed by atoms with Gasteiger partial charge in [-0.1, -0.05) is 31.1 Å². The van der Waals surface area contributed by atoms with Gasteiger partial charge in [0.05, 0.1) is 13.3 Å². The fourth-order valence-corrected chi connectivity index (χ4v) is 3.55. The van der Waals surface area contributed by atoms with Crippen LogP contribution in [0.25, 0.3) is 0 Å². The van der Waals surface area contributed by atoms with Crippen LogP contribution in [0.5, 0.6) is 0 Å². The summed E-state index contributed by atoms with van der Waals surface area (Å²) in [6.45, 7) is 4.36. The average molecular weight is 282 g/mol. The van der Waals surface area contributed by atoms with Crippen molar-refractivity contribution in [3.8, 4) is 0 Å². The summed E-state index contributed by atoms with van der Waals surface area (Å²) in [5.74, 6) is 0.567. The van der Waals surface area contributed by atoms with Crippen molar-refractivity contribution in [1.82, 2.24) is 4.98 Å². The van der Waals surface area contributed by atoms with E-state index in [-0.39, 0.29) is 5.97 Å². The Morgan fingerprint density at radius 1 is 1.53 bits per heavy atom. The fourth-order valence-electron chi connectivity index (χ4n) is 2.66. The van der Waals surface area contributed by atoms with Gasteiger partial charge >= 0.3 is 5.97 Å². The number of thiazole rings is 1. The van der Waals surface area contributed by atoms with Gasteiger partial charge in [-0.3, -0.25) is 0 Å². The maximum absolute atomic E-state index is 11.4. The van der Waals surface area contributed by atoms with Crippen molar-refractivity contribution in [3.63, 3.8) is 0 Å². The first-order valence-corrected chi connectivity index (χ1v) is 7.85. The predicted molar refractivity (Wildman–Crippen MR) is 77.9 cm³/mol. The second-order valence-corrected chi connectivity index (χ2v) is 6.08. The van der Waals surface area contributed by atoms with Gasteiger partial charge in [-0.15, -0.1) is 0 Å². The molecule has 4 nitrogen and oxygen atoms in total. The molecule has 0 saturated carbocycles. The topological polar surface area (TPSA) is 42.4 Å². The van der Waals surface area contributed by atoms with E-state index in [1.54, 1.807) is 6.20 Å². The van der Waals surface area contributed by atoms with E-state index in [0.717, 1.165) is 24.1 Å². The summed E-state index contributed by atoms with van der Waals surface area (Å²) in [6.07, 6.45) is 8.01. The number of rotatable bonds is 4. The highest BCUT2D eigenvalue weighted by molar-refractivity contribution is 7.17. The summed E-state index contributed by atoms with van der Waals surface area (Å²) in [6, 6.07) is 0. The minimum Gasteiger partial charge on any atom is -0.465 e. The molecule has 1 aromatic rings. The van der Waals surface area contributed by atoms with Gasteiger partial charge < -0.3 is 9.64 Å². The maximum Gasteiger partial charge on any atom is 0.349 e. The Labute approximate surface area is 118 Å². The van der Waals surface area contributed by atoms with Gasteiger partial charge in [-0.2, -0.15) is 0 Å². The normalized spacial score (nSPS) is 20.1. The Morgan fingerprint density at radius 3 is 3.11 bits per heavy atom. The van der Waals surface area contributed by atoms with Crippen LogP contribution in [-0.2, 0) is 4.74 Å². The van der Waals surface area contributed by atoms with Gasteiger partial charge in [0.15, 0.2) is 5.13 Å². The van der Waals surface area contributed by atoms with E-state index >= 15 is 0 Å². The highest BCUT2D eigenvalue weighted by Gasteiger charge is 2.20. The Kier molecular flexibility index (Phi) is 5.19. The molecule has 1 aromatic heterocycles. The van der Waals surface area contributed by atoms with E-state index in [4.69, 9.17) is 4.74 Å². The molecule has 1 aliphatic rings. The van der Waals surface area contributed by atoms with Crippen molar-refractivity contribution >= 4 is 22.4 Å². The highest BCUT2D eigenvalue weighted by atomic mass is 32.1. The van der Waals surface area contributed by atoms with Crippen LogP contribution in [0.1, 0.15) is 48.7 Å². The predicted octanol–water partition coefficient (Wildman–Crippen LogP) is 3.34. The number of ether oxygens (including phenoxy) is 1. The molecular weight excluding hydrogens is 260 g/mol. The maximum atomic E-state index is 11.4. The summed E-state index contributed by atoms with van der Waals surface area (Å²) < 4.78 is 4.72. The lowest BCUT2D eigenvalue weighted by Gasteiger charge is -2.19. The first kappa shape index (κ1) is 14.3. The first-order chi connectivity index (χ1) is 9.24. The molecule has 0 radical (unpaired) electrons. The van der Waals surface area contributed by atoms with Crippen LogP contribution in [0.4, 0.5) is 5.13 Å². The van der Waals surface area contributed by atoms with E-state index in [9.17, 15) is 4.79 Å². The molecule has 2 heterocycles. The van der Waals surface area contributed by atoms with Gasteiger partial charge in [-0.05, 0) is 25.2 Å². The zero-order chi connectivity index (χ0) is 13.7. The Balaban J connectivity index is 1.98.